The number of sulfonamides is 1. The summed E-state index contributed by atoms with van der Waals surface area (Å²) in [5, 5.41) is 11.0. The highest BCUT2D eigenvalue weighted by Gasteiger charge is 2.31. The van der Waals surface area contributed by atoms with E-state index in [4.69, 9.17) is 28.4 Å². The average Bonchev–Trinajstić information content (AvgIpc) is 2.44. The van der Waals surface area contributed by atoms with Gasteiger partial charge in [-0.2, -0.15) is 4.31 Å². The van der Waals surface area contributed by atoms with Gasteiger partial charge in [0.1, 0.15) is 4.90 Å². The lowest BCUT2D eigenvalue weighted by atomic mass is 10.1. The quantitative estimate of drug-likeness (QED) is 0.511. The number of nitrogens with zero attached hydrogens (tertiary/aromatic N) is 2. The van der Waals surface area contributed by atoms with Gasteiger partial charge in [-0.3, -0.25) is 0 Å². The molecule has 0 bridgehead atoms. The standard InChI is InChI=1S/C11H11Cl2FN2O3S/c12-8-1-2-9(10(13)11(8)14)20(18,19)16-5-3-7(15-17)4-6-16/h1-2,17H,3-6H2. The van der Waals surface area contributed by atoms with Crippen molar-refractivity contribution in [1.29, 1.82) is 0 Å². The van der Waals surface area contributed by atoms with E-state index >= 15 is 0 Å². The van der Waals surface area contributed by atoms with Crippen LogP contribution in [0, 0.1) is 5.82 Å². The topological polar surface area (TPSA) is 70.0 Å². The minimum absolute atomic E-state index is 0.155. The van der Waals surface area contributed by atoms with Crippen molar-refractivity contribution in [1.82, 2.24) is 4.31 Å². The Kier molecular flexibility index (Phi) is 4.53. The molecule has 1 saturated heterocycles. The highest BCUT2D eigenvalue weighted by molar-refractivity contribution is 7.89. The minimum Gasteiger partial charge on any atom is -0.411 e. The number of piperidine rings is 1. The monoisotopic (exact) mass is 340 g/mol. The van der Waals surface area contributed by atoms with E-state index in [1.165, 1.54) is 10.4 Å². The molecule has 1 heterocycles. The third-order valence-electron chi connectivity index (χ3n) is 3.06. The van der Waals surface area contributed by atoms with Crippen LogP contribution in [-0.2, 0) is 10.0 Å². The van der Waals surface area contributed by atoms with Crippen LogP contribution in [0.25, 0.3) is 0 Å². The predicted octanol–water partition coefficient (Wildman–Crippen LogP) is 2.75. The normalized spacial score (nSPS) is 17.2. The van der Waals surface area contributed by atoms with Gasteiger partial charge in [0.15, 0.2) is 5.82 Å². The summed E-state index contributed by atoms with van der Waals surface area (Å²) in [4.78, 5) is -0.314. The number of rotatable bonds is 2. The summed E-state index contributed by atoms with van der Waals surface area (Å²) in [5.41, 5.74) is 0.532. The Balaban J connectivity index is 2.35. The Morgan fingerprint density at radius 1 is 1.25 bits per heavy atom. The van der Waals surface area contributed by atoms with Gasteiger partial charge in [-0.25, -0.2) is 12.8 Å². The maximum atomic E-state index is 13.6. The van der Waals surface area contributed by atoms with Crippen LogP contribution in [0.3, 0.4) is 0 Å². The molecule has 1 N–H and O–H groups in total. The summed E-state index contributed by atoms with van der Waals surface area (Å²) in [6.45, 7) is 0.310. The van der Waals surface area contributed by atoms with Gasteiger partial charge >= 0.3 is 0 Å². The van der Waals surface area contributed by atoms with Crippen LogP contribution in [0.1, 0.15) is 12.8 Å². The molecular formula is C11H11Cl2FN2O3S. The van der Waals surface area contributed by atoms with Crippen molar-refractivity contribution in [3.63, 3.8) is 0 Å². The van der Waals surface area contributed by atoms with Gasteiger partial charge in [0.05, 0.1) is 15.8 Å². The fourth-order valence-electron chi connectivity index (χ4n) is 1.93. The van der Waals surface area contributed by atoms with Gasteiger partial charge in [0.25, 0.3) is 0 Å². The van der Waals surface area contributed by atoms with Gasteiger partial charge < -0.3 is 5.21 Å². The lowest BCUT2D eigenvalue weighted by Gasteiger charge is -2.26. The molecule has 0 aliphatic carbocycles. The number of halogens is 3. The molecule has 20 heavy (non-hydrogen) atoms. The first kappa shape index (κ1) is 15.5. The maximum absolute atomic E-state index is 13.6. The van der Waals surface area contributed by atoms with Crippen LogP contribution in [0.5, 0.6) is 0 Å². The highest BCUT2D eigenvalue weighted by Crippen LogP contribution is 2.32. The first-order chi connectivity index (χ1) is 9.37. The second-order valence-electron chi connectivity index (χ2n) is 4.24. The fraction of sp³-hybridized carbons (Fsp3) is 0.364. The third kappa shape index (κ3) is 2.76. The predicted molar refractivity (Wildman–Crippen MR) is 73.6 cm³/mol. The van der Waals surface area contributed by atoms with E-state index < -0.39 is 20.9 Å². The zero-order chi connectivity index (χ0) is 14.9. The number of oxime groups is 1. The fourth-order valence-corrected chi connectivity index (χ4v) is 4.09. The van der Waals surface area contributed by atoms with E-state index in [1.54, 1.807) is 0 Å². The Bertz CT molecular complexity index is 654. The van der Waals surface area contributed by atoms with Gasteiger partial charge in [0, 0.05) is 25.9 Å². The van der Waals surface area contributed by atoms with Crippen LogP contribution in [0.4, 0.5) is 4.39 Å². The molecule has 1 aromatic rings. The van der Waals surface area contributed by atoms with Crippen LogP contribution < -0.4 is 0 Å². The van der Waals surface area contributed by atoms with Crippen LogP contribution >= 0.6 is 23.2 Å². The lowest BCUT2D eigenvalue weighted by molar-refractivity contribution is 0.309. The zero-order valence-corrected chi connectivity index (χ0v) is 12.5. The zero-order valence-electron chi connectivity index (χ0n) is 10.2. The minimum atomic E-state index is -3.90. The van der Waals surface area contributed by atoms with Crippen LogP contribution in [0.2, 0.25) is 10.0 Å². The molecule has 1 aliphatic rings. The molecule has 1 fully saturated rings. The molecule has 9 heteroatoms. The van der Waals surface area contributed by atoms with E-state index in [-0.39, 0.29) is 23.0 Å². The Morgan fingerprint density at radius 2 is 1.85 bits per heavy atom. The van der Waals surface area contributed by atoms with Crippen molar-refractivity contribution in [2.45, 2.75) is 17.7 Å². The largest absolute Gasteiger partial charge is 0.411 e. The Labute approximate surface area is 125 Å². The summed E-state index contributed by atoms with van der Waals surface area (Å²) < 4.78 is 39.6. The molecule has 0 saturated carbocycles. The van der Waals surface area contributed by atoms with Crippen molar-refractivity contribution in [3.8, 4) is 0 Å². The molecular weight excluding hydrogens is 330 g/mol. The molecule has 0 radical (unpaired) electrons. The lowest BCUT2D eigenvalue weighted by Crippen LogP contribution is -2.38. The second-order valence-corrected chi connectivity index (χ2v) is 6.94. The molecule has 2 rings (SSSR count). The maximum Gasteiger partial charge on any atom is 0.244 e. The molecule has 0 amide bonds. The third-order valence-corrected chi connectivity index (χ3v) is 5.77. The van der Waals surface area contributed by atoms with Gasteiger partial charge in [-0.15, -0.1) is 0 Å². The molecule has 0 unspecified atom stereocenters. The Morgan fingerprint density at radius 3 is 2.40 bits per heavy atom. The Hall–Kier alpha value is -0.890. The average molecular weight is 341 g/mol. The van der Waals surface area contributed by atoms with E-state index in [2.05, 4.69) is 5.16 Å². The second kappa shape index (κ2) is 5.85. The summed E-state index contributed by atoms with van der Waals surface area (Å²) in [6.07, 6.45) is 0.646. The van der Waals surface area contributed by atoms with Gasteiger partial charge in [0.2, 0.25) is 10.0 Å². The van der Waals surface area contributed by atoms with Crippen molar-refractivity contribution >= 4 is 38.9 Å². The van der Waals surface area contributed by atoms with Crippen molar-refractivity contribution in [2.75, 3.05) is 13.1 Å². The van der Waals surface area contributed by atoms with Crippen molar-refractivity contribution in [2.24, 2.45) is 5.16 Å². The van der Waals surface area contributed by atoms with Gasteiger partial charge in [-0.05, 0) is 12.1 Å². The van der Waals surface area contributed by atoms with E-state index in [1.807, 2.05) is 0 Å². The van der Waals surface area contributed by atoms with E-state index in [0.717, 1.165) is 6.07 Å². The summed E-state index contributed by atoms with van der Waals surface area (Å²) in [6, 6.07) is 2.33. The van der Waals surface area contributed by atoms with E-state index in [0.29, 0.717) is 18.6 Å². The van der Waals surface area contributed by atoms with Crippen LogP contribution in [0.15, 0.2) is 22.2 Å². The molecule has 1 aliphatic heterocycles. The van der Waals surface area contributed by atoms with Gasteiger partial charge in [-0.1, -0.05) is 28.4 Å². The van der Waals surface area contributed by atoms with Crippen molar-refractivity contribution < 1.29 is 18.0 Å². The first-order valence-corrected chi connectivity index (χ1v) is 7.91. The molecule has 1 aromatic carbocycles. The van der Waals surface area contributed by atoms with Crippen LogP contribution in [-0.4, -0.2) is 36.7 Å². The number of benzene rings is 1. The SMILES string of the molecule is O=S(=O)(c1ccc(Cl)c(F)c1Cl)N1CCC(=NO)CC1. The van der Waals surface area contributed by atoms with Crippen molar-refractivity contribution in [3.05, 3.63) is 28.0 Å². The molecule has 0 spiro atoms. The highest BCUT2D eigenvalue weighted by atomic mass is 35.5. The molecule has 5 nitrogen and oxygen atoms in total. The molecule has 110 valence electrons. The number of hydrogen-bond acceptors (Lipinski definition) is 4. The first-order valence-electron chi connectivity index (χ1n) is 5.71. The molecule has 0 aromatic heterocycles. The summed E-state index contributed by atoms with van der Waals surface area (Å²) in [7, 11) is -3.90. The summed E-state index contributed by atoms with van der Waals surface area (Å²) >= 11 is 11.3. The number of hydrogen-bond donors (Lipinski definition) is 1. The smallest absolute Gasteiger partial charge is 0.244 e. The molecule has 0 atom stereocenters. The summed E-state index contributed by atoms with van der Waals surface area (Å²) in [5.74, 6) is -0.955. The van der Waals surface area contributed by atoms with E-state index in [9.17, 15) is 12.8 Å².